The Hall–Kier alpha value is -1.61. The topological polar surface area (TPSA) is 31.9 Å². The van der Waals surface area contributed by atoms with Crippen LogP contribution in [-0.2, 0) is 6.54 Å². The largest absolute Gasteiger partial charge is 0.347 e. The highest BCUT2D eigenvalue weighted by molar-refractivity contribution is 5.15. The summed E-state index contributed by atoms with van der Waals surface area (Å²) in [4.78, 5) is 9.99. The Morgan fingerprint density at radius 2 is 2.11 bits per heavy atom. The molecule has 18 heavy (non-hydrogen) atoms. The zero-order chi connectivity index (χ0) is 12.2. The minimum absolute atomic E-state index is 0.501. The van der Waals surface area contributed by atoms with Gasteiger partial charge >= 0.3 is 0 Å². The van der Waals surface area contributed by atoms with Gasteiger partial charge in [-0.2, -0.15) is 0 Å². The molecular weight excluding hydrogens is 222 g/mol. The summed E-state index contributed by atoms with van der Waals surface area (Å²) in [7, 11) is 0. The first-order valence-corrected chi connectivity index (χ1v) is 6.70. The number of imidazole rings is 1. The van der Waals surface area contributed by atoms with Crippen LogP contribution in [0.25, 0.3) is 0 Å². The molecule has 1 aliphatic rings. The number of likely N-dealkylation sites (tertiary alicyclic amines) is 1. The second kappa shape index (κ2) is 5.36. The van der Waals surface area contributed by atoms with Crippen molar-refractivity contribution in [3.8, 4) is 0 Å². The summed E-state index contributed by atoms with van der Waals surface area (Å²) in [6, 6.07) is 11.2. The van der Waals surface area contributed by atoms with Crippen molar-refractivity contribution in [2.75, 3.05) is 6.54 Å². The smallest absolute Gasteiger partial charge is 0.0922 e. The summed E-state index contributed by atoms with van der Waals surface area (Å²) in [5.41, 5.74) is 2.65. The number of hydrogen-bond acceptors (Lipinski definition) is 2. The molecular formula is C15H19N3. The summed E-state index contributed by atoms with van der Waals surface area (Å²) < 4.78 is 0. The van der Waals surface area contributed by atoms with Crippen LogP contribution < -0.4 is 0 Å². The van der Waals surface area contributed by atoms with Crippen LogP contribution in [0.1, 0.15) is 36.6 Å². The van der Waals surface area contributed by atoms with Crippen molar-refractivity contribution in [1.29, 1.82) is 0 Å². The van der Waals surface area contributed by atoms with E-state index in [1.54, 1.807) is 6.33 Å². The van der Waals surface area contributed by atoms with Crippen LogP contribution in [0.5, 0.6) is 0 Å². The number of hydrogen-bond donors (Lipinski definition) is 1. The Morgan fingerprint density at radius 3 is 2.89 bits per heavy atom. The van der Waals surface area contributed by atoms with Gasteiger partial charge in [-0.25, -0.2) is 4.98 Å². The second-order valence-electron chi connectivity index (χ2n) is 4.97. The van der Waals surface area contributed by atoms with E-state index >= 15 is 0 Å². The van der Waals surface area contributed by atoms with Gasteiger partial charge in [-0.15, -0.1) is 0 Å². The fourth-order valence-electron chi connectivity index (χ4n) is 2.80. The zero-order valence-corrected chi connectivity index (χ0v) is 10.5. The molecule has 94 valence electrons. The van der Waals surface area contributed by atoms with Crippen LogP contribution in [0.15, 0.2) is 42.9 Å². The van der Waals surface area contributed by atoms with Gasteiger partial charge in [0.25, 0.3) is 0 Å². The summed E-state index contributed by atoms with van der Waals surface area (Å²) in [5.74, 6) is 0. The monoisotopic (exact) mass is 241 g/mol. The number of aromatic nitrogens is 2. The van der Waals surface area contributed by atoms with Gasteiger partial charge in [0.2, 0.25) is 0 Å². The number of rotatable bonds is 3. The Bertz CT molecular complexity index is 464. The zero-order valence-electron chi connectivity index (χ0n) is 10.5. The van der Waals surface area contributed by atoms with E-state index in [1.807, 2.05) is 6.20 Å². The summed E-state index contributed by atoms with van der Waals surface area (Å²) in [6.45, 7) is 2.21. The third-order valence-electron chi connectivity index (χ3n) is 3.72. The van der Waals surface area contributed by atoms with Crippen LogP contribution in [0, 0.1) is 0 Å². The summed E-state index contributed by atoms with van der Waals surface area (Å²) >= 11 is 0. The molecule has 1 aromatic heterocycles. The van der Waals surface area contributed by atoms with Gasteiger partial charge in [0, 0.05) is 12.7 Å². The maximum absolute atomic E-state index is 4.16. The maximum atomic E-state index is 4.16. The van der Waals surface area contributed by atoms with Crippen LogP contribution in [0.4, 0.5) is 0 Å². The molecule has 1 aliphatic heterocycles. The predicted octanol–water partition coefficient (Wildman–Crippen LogP) is 3.14. The Balaban J connectivity index is 1.76. The van der Waals surface area contributed by atoms with Crippen LogP contribution in [0.2, 0.25) is 0 Å². The highest BCUT2D eigenvalue weighted by atomic mass is 15.2. The normalized spacial score (nSPS) is 21.0. The van der Waals surface area contributed by atoms with Crippen molar-refractivity contribution < 1.29 is 0 Å². The molecule has 0 radical (unpaired) electrons. The molecule has 1 fully saturated rings. The quantitative estimate of drug-likeness (QED) is 0.895. The molecule has 0 amide bonds. The van der Waals surface area contributed by atoms with Crippen molar-refractivity contribution in [2.24, 2.45) is 0 Å². The first-order chi connectivity index (χ1) is 8.93. The molecule has 0 aliphatic carbocycles. The summed E-state index contributed by atoms with van der Waals surface area (Å²) in [5, 5.41) is 0. The number of nitrogens with one attached hydrogen (secondary N) is 1. The van der Waals surface area contributed by atoms with Crippen molar-refractivity contribution in [2.45, 2.75) is 31.8 Å². The lowest BCUT2D eigenvalue weighted by atomic mass is 9.99. The Labute approximate surface area is 108 Å². The molecule has 0 bridgehead atoms. The Kier molecular flexibility index (Phi) is 3.42. The molecule has 1 aromatic carbocycles. The molecule has 1 saturated heterocycles. The lowest BCUT2D eigenvalue weighted by Gasteiger charge is -2.35. The van der Waals surface area contributed by atoms with Crippen molar-refractivity contribution in [1.82, 2.24) is 14.9 Å². The molecule has 1 atom stereocenters. The SMILES string of the molecule is c1ccc(CN2CCCCC2c2cnc[nH]2)cc1. The molecule has 1 N–H and O–H groups in total. The molecule has 0 saturated carbocycles. The number of piperidine rings is 1. The highest BCUT2D eigenvalue weighted by Crippen LogP contribution is 2.30. The van der Waals surface area contributed by atoms with Gasteiger partial charge in [-0.05, 0) is 24.9 Å². The minimum Gasteiger partial charge on any atom is -0.347 e. The number of aromatic amines is 1. The van der Waals surface area contributed by atoms with E-state index in [-0.39, 0.29) is 0 Å². The number of nitrogens with zero attached hydrogens (tertiary/aromatic N) is 2. The van der Waals surface area contributed by atoms with E-state index in [9.17, 15) is 0 Å². The standard InChI is InChI=1S/C15H19N3/c1-2-6-13(7-3-1)11-18-9-5-4-8-15(18)14-10-16-12-17-14/h1-3,6-7,10,12,15H,4-5,8-9,11H2,(H,16,17). The van der Waals surface area contributed by atoms with E-state index in [2.05, 4.69) is 45.2 Å². The van der Waals surface area contributed by atoms with E-state index in [0.29, 0.717) is 6.04 Å². The third kappa shape index (κ3) is 2.46. The molecule has 3 heteroatoms. The van der Waals surface area contributed by atoms with Crippen LogP contribution in [0.3, 0.4) is 0 Å². The molecule has 0 spiro atoms. The first-order valence-electron chi connectivity index (χ1n) is 6.70. The number of H-pyrrole nitrogens is 1. The van der Waals surface area contributed by atoms with Crippen LogP contribution >= 0.6 is 0 Å². The summed E-state index contributed by atoms with van der Waals surface area (Å²) in [6.07, 6.45) is 7.60. The van der Waals surface area contributed by atoms with Gasteiger partial charge in [0.1, 0.15) is 0 Å². The van der Waals surface area contributed by atoms with E-state index in [1.165, 1.54) is 37.1 Å². The van der Waals surface area contributed by atoms with Crippen molar-refractivity contribution in [3.63, 3.8) is 0 Å². The van der Waals surface area contributed by atoms with Gasteiger partial charge in [0.05, 0.1) is 18.1 Å². The van der Waals surface area contributed by atoms with Gasteiger partial charge in [0.15, 0.2) is 0 Å². The second-order valence-corrected chi connectivity index (χ2v) is 4.97. The average Bonchev–Trinajstić information content (AvgIpc) is 2.94. The molecule has 2 heterocycles. The van der Waals surface area contributed by atoms with Gasteiger partial charge in [-0.3, -0.25) is 4.90 Å². The lowest BCUT2D eigenvalue weighted by molar-refractivity contribution is 0.137. The average molecular weight is 241 g/mol. The van der Waals surface area contributed by atoms with Gasteiger partial charge < -0.3 is 4.98 Å². The highest BCUT2D eigenvalue weighted by Gasteiger charge is 2.24. The van der Waals surface area contributed by atoms with E-state index < -0.39 is 0 Å². The molecule has 3 nitrogen and oxygen atoms in total. The fourth-order valence-corrected chi connectivity index (χ4v) is 2.80. The van der Waals surface area contributed by atoms with Crippen LogP contribution in [-0.4, -0.2) is 21.4 Å². The fraction of sp³-hybridized carbons (Fsp3) is 0.400. The number of benzene rings is 1. The van der Waals surface area contributed by atoms with Crippen molar-refractivity contribution >= 4 is 0 Å². The Morgan fingerprint density at radius 1 is 1.22 bits per heavy atom. The third-order valence-corrected chi connectivity index (χ3v) is 3.72. The molecule has 2 aromatic rings. The van der Waals surface area contributed by atoms with Gasteiger partial charge in [-0.1, -0.05) is 36.8 Å². The molecule has 1 unspecified atom stereocenters. The van der Waals surface area contributed by atoms with E-state index in [0.717, 1.165) is 6.54 Å². The minimum atomic E-state index is 0.501. The predicted molar refractivity (Wildman–Crippen MR) is 72.0 cm³/mol. The molecule has 3 rings (SSSR count). The first kappa shape index (κ1) is 11.5. The maximum Gasteiger partial charge on any atom is 0.0922 e. The van der Waals surface area contributed by atoms with Crippen molar-refractivity contribution in [3.05, 3.63) is 54.1 Å². The lowest BCUT2D eigenvalue weighted by Crippen LogP contribution is -2.33. The van der Waals surface area contributed by atoms with E-state index in [4.69, 9.17) is 0 Å².